The van der Waals surface area contributed by atoms with Crippen LogP contribution in [-0.4, -0.2) is 41.9 Å². The molecule has 1 aromatic heterocycles. The molecule has 1 N–H and O–H groups in total. The van der Waals surface area contributed by atoms with Crippen molar-refractivity contribution in [1.82, 2.24) is 14.8 Å². The molecular weight excluding hydrogens is 432 g/mol. The van der Waals surface area contributed by atoms with Crippen molar-refractivity contribution in [3.05, 3.63) is 59.3 Å². The van der Waals surface area contributed by atoms with Crippen LogP contribution in [0.5, 0.6) is 17.2 Å². The molecule has 0 spiro atoms. The van der Waals surface area contributed by atoms with Gasteiger partial charge < -0.3 is 19.5 Å². The summed E-state index contributed by atoms with van der Waals surface area (Å²) in [5.41, 5.74) is 3.04. The van der Waals surface area contributed by atoms with Crippen LogP contribution in [0.25, 0.3) is 11.4 Å². The molecule has 0 saturated carbocycles. The molecule has 34 heavy (non-hydrogen) atoms. The molecule has 1 unspecified atom stereocenters. The van der Waals surface area contributed by atoms with Crippen LogP contribution in [0.3, 0.4) is 0 Å². The van der Waals surface area contributed by atoms with Crippen molar-refractivity contribution in [2.45, 2.75) is 32.7 Å². The minimum atomic E-state index is -0.480. The maximum Gasteiger partial charge on any atom is 0.226 e. The summed E-state index contributed by atoms with van der Waals surface area (Å²) in [5.74, 6) is 3.17. The molecule has 0 amide bonds. The maximum absolute atomic E-state index is 13.5. The molecule has 176 valence electrons. The number of methoxy groups -OCH3 is 3. The fourth-order valence-corrected chi connectivity index (χ4v) is 4.88. The standard InChI is InChI=1S/C26H28N4O4/c1-26(2)13-18-22(19(31)14-26)23(16-11-10-15(32-3)12-21(16)34-5)30-25(27-18)28-24(29-30)17-8-6-7-9-20(17)33-4/h6-12,23H,13-14H2,1-5H3,(H,27,28,29). The van der Waals surface area contributed by atoms with Crippen molar-refractivity contribution in [1.29, 1.82) is 0 Å². The van der Waals surface area contributed by atoms with E-state index in [1.54, 1.807) is 26.0 Å². The third-order valence-corrected chi connectivity index (χ3v) is 6.42. The van der Waals surface area contributed by atoms with Gasteiger partial charge in [-0.05, 0) is 36.1 Å². The van der Waals surface area contributed by atoms with Crippen LogP contribution in [0.4, 0.5) is 5.95 Å². The zero-order chi connectivity index (χ0) is 24.0. The number of nitrogens with zero attached hydrogens (tertiary/aromatic N) is 3. The van der Waals surface area contributed by atoms with E-state index in [0.717, 1.165) is 23.2 Å². The van der Waals surface area contributed by atoms with E-state index in [-0.39, 0.29) is 11.2 Å². The lowest BCUT2D eigenvalue weighted by Crippen LogP contribution is -2.36. The summed E-state index contributed by atoms with van der Waals surface area (Å²) in [6.07, 6.45) is 1.20. The lowest BCUT2D eigenvalue weighted by Gasteiger charge is -2.38. The second-order valence-electron chi connectivity index (χ2n) is 9.37. The summed E-state index contributed by atoms with van der Waals surface area (Å²) < 4.78 is 18.4. The van der Waals surface area contributed by atoms with Gasteiger partial charge in [-0.3, -0.25) is 4.79 Å². The number of carbonyl (C=O) groups is 1. The van der Waals surface area contributed by atoms with Gasteiger partial charge in [-0.25, -0.2) is 4.68 Å². The fraction of sp³-hybridized carbons (Fsp3) is 0.346. The van der Waals surface area contributed by atoms with Crippen LogP contribution in [0, 0.1) is 5.41 Å². The van der Waals surface area contributed by atoms with E-state index < -0.39 is 6.04 Å². The van der Waals surface area contributed by atoms with Gasteiger partial charge in [-0.2, -0.15) is 4.98 Å². The van der Waals surface area contributed by atoms with Gasteiger partial charge in [0.15, 0.2) is 11.6 Å². The zero-order valence-electron chi connectivity index (χ0n) is 20.0. The first-order valence-electron chi connectivity index (χ1n) is 11.2. The second kappa shape index (κ2) is 8.20. The molecule has 2 aliphatic rings. The Labute approximate surface area is 198 Å². The fourth-order valence-electron chi connectivity index (χ4n) is 4.88. The number of nitrogens with one attached hydrogen (secondary N) is 1. The molecule has 0 saturated heterocycles. The average Bonchev–Trinajstić information content (AvgIpc) is 3.25. The van der Waals surface area contributed by atoms with E-state index in [9.17, 15) is 4.79 Å². The molecule has 0 radical (unpaired) electrons. The number of hydrogen-bond acceptors (Lipinski definition) is 7. The number of para-hydroxylation sites is 1. The predicted molar refractivity (Wildman–Crippen MR) is 128 cm³/mol. The number of benzene rings is 2. The van der Waals surface area contributed by atoms with Crippen molar-refractivity contribution in [2.24, 2.45) is 5.41 Å². The third-order valence-electron chi connectivity index (χ3n) is 6.42. The van der Waals surface area contributed by atoms with Gasteiger partial charge in [-0.1, -0.05) is 26.0 Å². The molecule has 1 aliphatic heterocycles. The van der Waals surface area contributed by atoms with Crippen LogP contribution in [0.1, 0.15) is 38.3 Å². The second-order valence-corrected chi connectivity index (χ2v) is 9.37. The highest BCUT2D eigenvalue weighted by molar-refractivity contribution is 6.00. The van der Waals surface area contributed by atoms with Gasteiger partial charge in [0, 0.05) is 29.3 Å². The van der Waals surface area contributed by atoms with Gasteiger partial charge in [0.1, 0.15) is 23.3 Å². The first-order valence-corrected chi connectivity index (χ1v) is 11.2. The number of fused-ring (bicyclic) bond motifs is 1. The van der Waals surface area contributed by atoms with Crippen molar-refractivity contribution in [3.63, 3.8) is 0 Å². The molecule has 3 aromatic rings. The van der Waals surface area contributed by atoms with Crippen molar-refractivity contribution >= 4 is 11.7 Å². The van der Waals surface area contributed by atoms with Gasteiger partial charge in [0.2, 0.25) is 5.95 Å². The van der Waals surface area contributed by atoms with E-state index in [1.807, 2.05) is 42.5 Å². The Bertz CT molecular complexity index is 1310. The zero-order valence-corrected chi connectivity index (χ0v) is 20.0. The van der Waals surface area contributed by atoms with E-state index in [0.29, 0.717) is 41.0 Å². The van der Waals surface area contributed by atoms with E-state index in [1.165, 1.54) is 0 Å². The van der Waals surface area contributed by atoms with Gasteiger partial charge in [-0.15, -0.1) is 5.10 Å². The van der Waals surface area contributed by atoms with Crippen LogP contribution < -0.4 is 19.5 Å². The summed E-state index contributed by atoms with van der Waals surface area (Å²) in [6, 6.07) is 12.8. The number of ether oxygens (including phenoxy) is 3. The topological polar surface area (TPSA) is 87.5 Å². The number of rotatable bonds is 5. The lowest BCUT2D eigenvalue weighted by atomic mass is 9.73. The van der Waals surface area contributed by atoms with Gasteiger partial charge in [0.25, 0.3) is 0 Å². The van der Waals surface area contributed by atoms with E-state index in [4.69, 9.17) is 24.3 Å². The highest BCUT2D eigenvalue weighted by Crippen LogP contribution is 2.48. The summed E-state index contributed by atoms with van der Waals surface area (Å²) in [6.45, 7) is 4.22. The summed E-state index contributed by atoms with van der Waals surface area (Å²) >= 11 is 0. The van der Waals surface area contributed by atoms with Crippen LogP contribution >= 0.6 is 0 Å². The summed E-state index contributed by atoms with van der Waals surface area (Å²) in [4.78, 5) is 18.3. The first-order chi connectivity index (χ1) is 16.3. The molecule has 8 nitrogen and oxygen atoms in total. The Morgan fingerprint density at radius 1 is 1.00 bits per heavy atom. The summed E-state index contributed by atoms with van der Waals surface area (Å²) in [5, 5.41) is 8.27. The minimum Gasteiger partial charge on any atom is -0.497 e. The van der Waals surface area contributed by atoms with Crippen molar-refractivity contribution in [2.75, 3.05) is 26.6 Å². The van der Waals surface area contributed by atoms with Gasteiger partial charge >= 0.3 is 0 Å². The Hall–Kier alpha value is -3.81. The Balaban J connectivity index is 1.72. The van der Waals surface area contributed by atoms with E-state index in [2.05, 4.69) is 19.2 Å². The number of ketones is 1. The number of anilines is 1. The summed E-state index contributed by atoms with van der Waals surface area (Å²) in [7, 11) is 4.85. The number of Topliss-reactive ketones (excluding diaryl/α,β-unsaturated/α-hetero) is 1. The molecule has 2 aromatic carbocycles. The molecule has 0 fully saturated rings. The minimum absolute atomic E-state index is 0.0987. The number of hydrogen-bond donors (Lipinski definition) is 1. The van der Waals surface area contributed by atoms with Gasteiger partial charge in [0.05, 0.1) is 26.9 Å². The normalized spacial score (nSPS) is 18.6. The average molecular weight is 461 g/mol. The smallest absolute Gasteiger partial charge is 0.226 e. The lowest BCUT2D eigenvalue weighted by molar-refractivity contribution is -0.118. The van der Waals surface area contributed by atoms with Crippen molar-refractivity contribution in [3.8, 4) is 28.6 Å². The number of aromatic nitrogens is 3. The molecule has 8 heteroatoms. The maximum atomic E-state index is 13.5. The van der Waals surface area contributed by atoms with Crippen molar-refractivity contribution < 1.29 is 19.0 Å². The van der Waals surface area contributed by atoms with Crippen LogP contribution in [0.2, 0.25) is 0 Å². The largest absolute Gasteiger partial charge is 0.497 e. The Kier molecular flexibility index (Phi) is 5.31. The Morgan fingerprint density at radius 2 is 1.76 bits per heavy atom. The van der Waals surface area contributed by atoms with Crippen LogP contribution in [0.15, 0.2) is 53.7 Å². The quantitative estimate of drug-likeness (QED) is 0.594. The molecular formula is C26H28N4O4. The first kappa shape index (κ1) is 22.0. The molecule has 5 rings (SSSR count). The van der Waals surface area contributed by atoms with E-state index >= 15 is 0 Å². The Morgan fingerprint density at radius 3 is 2.50 bits per heavy atom. The molecule has 2 heterocycles. The molecule has 0 bridgehead atoms. The highest BCUT2D eigenvalue weighted by atomic mass is 16.5. The number of allylic oxidation sites excluding steroid dienone is 2. The monoisotopic (exact) mass is 460 g/mol. The number of carbonyl (C=O) groups excluding carboxylic acids is 1. The van der Waals surface area contributed by atoms with Crippen LogP contribution in [-0.2, 0) is 4.79 Å². The highest BCUT2D eigenvalue weighted by Gasteiger charge is 2.43. The molecule has 1 aliphatic carbocycles. The SMILES string of the molecule is COc1ccc(C2C3=C(CC(C)(C)CC3=O)Nc3nc(-c4ccccc4OC)nn32)c(OC)c1. The molecule has 1 atom stereocenters. The predicted octanol–water partition coefficient (Wildman–Crippen LogP) is 4.63. The third kappa shape index (κ3) is 3.59.